The first-order valence-corrected chi connectivity index (χ1v) is 8.11. The van der Waals surface area contributed by atoms with Gasteiger partial charge in [-0.05, 0) is 46.3 Å². The molecule has 112 valence electrons. The molecule has 1 amide bonds. The lowest BCUT2D eigenvalue weighted by atomic mass is 10.3. The Morgan fingerprint density at radius 2 is 2.25 bits per heavy atom. The maximum absolute atomic E-state index is 12.9. The normalized spacial score (nSPS) is 10.3. The van der Waals surface area contributed by atoms with Crippen molar-refractivity contribution in [2.45, 2.75) is 6.42 Å². The molecule has 0 saturated heterocycles. The number of aliphatic hydroxyl groups is 1. The fourth-order valence-electron chi connectivity index (χ4n) is 1.32. The van der Waals surface area contributed by atoms with E-state index in [4.69, 9.17) is 9.84 Å². The second-order valence-electron chi connectivity index (χ2n) is 3.90. The Morgan fingerprint density at radius 1 is 1.45 bits per heavy atom. The Kier molecular flexibility index (Phi) is 8.64. The number of carbonyl (C=O) groups excluding carboxylic acids is 1. The molecule has 7 heteroatoms. The van der Waals surface area contributed by atoms with Gasteiger partial charge in [-0.25, -0.2) is 4.39 Å². The number of amides is 1. The molecule has 0 fully saturated rings. The highest BCUT2D eigenvalue weighted by atomic mass is 79.9. The van der Waals surface area contributed by atoms with Crippen LogP contribution in [0.25, 0.3) is 0 Å². The topological polar surface area (TPSA) is 58.6 Å². The van der Waals surface area contributed by atoms with Crippen LogP contribution in [-0.2, 0) is 4.79 Å². The van der Waals surface area contributed by atoms with Crippen molar-refractivity contribution in [1.82, 2.24) is 5.32 Å². The van der Waals surface area contributed by atoms with Gasteiger partial charge in [0, 0.05) is 18.9 Å². The van der Waals surface area contributed by atoms with Gasteiger partial charge in [-0.15, -0.1) is 0 Å². The number of hydrogen-bond acceptors (Lipinski definition) is 4. The minimum absolute atomic E-state index is 0.106. The summed E-state index contributed by atoms with van der Waals surface area (Å²) in [5.41, 5.74) is 0. The number of halogens is 2. The van der Waals surface area contributed by atoms with Gasteiger partial charge in [0.25, 0.3) is 5.91 Å². The molecule has 0 radical (unpaired) electrons. The molecule has 0 aliphatic heterocycles. The van der Waals surface area contributed by atoms with Crippen molar-refractivity contribution in [2.75, 3.05) is 31.3 Å². The first-order valence-electron chi connectivity index (χ1n) is 6.16. The fraction of sp³-hybridized carbons (Fsp3) is 0.462. The Bertz CT molecular complexity index is 434. The number of ether oxygens (including phenoxy) is 1. The predicted molar refractivity (Wildman–Crippen MR) is 81.6 cm³/mol. The maximum atomic E-state index is 12.9. The number of hydrogen-bond donors (Lipinski definition) is 2. The standard InChI is InChI=1S/C13H17BrFNO3S/c14-11-8-10(15)2-3-12(11)19-9-13(18)16-4-7-20-6-1-5-17/h2-3,8,17H,1,4-7,9H2,(H,16,18). The van der Waals surface area contributed by atoms with E-state index in [0.29, 0.717) is 16.8 Å². The van der Waals surface area contributed by atoms with E-state index < -0.39 is 0 Å². The molecule has 4 nitrogen and oxygen atoms in total. The van der Waals surface area contributed by atoms with Gasteiger partial charge in [0.05, 0.1) is 4.47 Å². The molecule has 0 aromatic heterocycles. The van der Waals surface area contributed by atoms with Crippen LogP contribution in [-0.4, -0.2) is 42.3 Å². The summed E-state index contributed by atoms with van der Waals surface area (Å²) in [5.74, 6) is 1.52. The minimum Gasteiger partial charge on any atom is -0.483 e. The van der Waals surface area contributed by atoms with Crippen LogP contribution < -0.4 is 10.1 Å². The second-order valence-corrected chi connectivity index (χ2v) is 5.98. The second kappa shape index (κ2) is 10.0. The summed E-state index contributed by atoms with van der Waals surface area (Å²) in [6, 6.07) is 4.03. The summed E-state index contributed by atoms with van der Waals surface area (Å²) in [6.45, 7) is 0.647. The first-order chi connectivity index (χ1) is 9.63. The lowest BCUT2D eigenvalue weighted by molar-refractivity contribution is -0.122. The zero-order valence-corrected chi connectivity index (χ0v) is 13.3. The van der Waals surface area contributed by atoms with Crippen molar-refractivity contribution in [3.8, 4) is 5.75 Å². The van der Waals surface area contributed by atoms with Gasteiger partial charge in [-0.2, -0.15) is 11.8 Å². The van der Waals surface area contributed by atoms with Gasteiger partial charge < -0.3 is 15.2 Å². The molecule has 1 rings (SSSR count). The van der Waals surface area contributed by atoms with Crippen LogP contribution in [0.4, 0.5) is 4.39 Å². The molecule has 20 heavy (non-hydrogen) atoms. The van der Waals surface area contributed by atoms with Gasteiger partial charge in [-0.1, -0.05) is 0 Å². The van der Waals surface area contributed by atoms with Gasteiger partial charge >= 0.3 is 0 Å². The molecule has 0 unspecified atom stereocenters. The van der Waals surface area contributed by atoms with Crippen molar-refractivity contribution in [3.05, 3.63) is 28.5 Å². The molecule has 0 bridgehead atoms. The highest BCUT2D eigenvalue weighted by Gasteiger charge is 2.06. The van der Waals surface area contributed by atoms with Crippen molar-refractivity contribution in [3.63, 3.8) is 0 Å². The van der Waals surface area contributed by atoms with Crippen LogP contribution in [0.2, 0.25) is 0 Å². The van der Waals surface area contributed by atoms with Gasteiger partial charge in [0.1, 0.15) is 11.6 Å². The average molecular weight is 366 g/mol. The molecule has 0 aliphatic rings. The van der Waals surface area contributed by atoms with Gasteiger partial charge in [0.2, 0.25) is 0 Å². The Balaban J connectivity index is 2.16. The number of aliphatic hydroxyl groups excluding tert-OH is 1. The highest BCUT2D eigenvalue weighted by molar-refractivity contribution is 9.10. The minimum atomic E-state index is -0.367. The smallest absolute Gasteiger partial charge is 0.257 e. The maximum Gasteiger partial charge on any atom is 0.257 e. The summed E-state index contributed by atoms with van der Waals surface area (Å²) in [5, 5.41) is 11.3. The number of thioether (sulfide) groups is 1. The van der Waals surface area contributed by atoms with Crippen LogP contribution in [0.1, 0.15) is 6.42 Å². The zero-order chi connectivity index (χ0) is 14.8. The summed E-state index contributed by atoms with van der Waals surface area (Å²) in [7, 11) is 0. The molecule has 0 spiro atoms. The molecule has 1 aromatic rings. The van der Waals surface area contributed by atoms with Crippen molar-refractivity contribution in [1.29, 1.82) is 0 Å². The molecule has 2 N–H and O–H groups in total. The number of rotatable bonds is 9. The van der Waals surface area contributed by atoms with Crippen molar-refractivity contribution in [2.24, 2.45) is 0 Å². The SMILES string of the molecule is O=C(COc1ccc(F)cc1Br)NCCSCCCO. The van der Waals surface area contributed by atoms with Crippen LogP contribution in [0.5, 0.6) is 5.75 Å². The Hall–Kier alpha value is -0.790. The fourth-order valence-corrected chi connectivity index (χ4v) is 2.57. The molecule has 0 heterocycles. The molecule has 1 aromatic carbocycles. The van der Waals surface area contributed by atoms with E-state index in [1.807, 2.05) is 0 Å². The zero-order valence-electron chi connectivity index (χ0n) is 10.9. The summed E-state index contributed by atoms with van der Waals surface area (Å²) in [4.78, 5) is 11.5. The molecule has 0 atom stereocenters. The van der Waals surface area contributed by atoms with Crippen LogP contribution >= 0.6 is 27.7 Å². The number of benzene rings is 1. The van der Waals surface area contributed by atoms with Crippen molar-refractivity contribution < 1.29 is 19.0 Å². The van der Waals surface area contributed by atoms with Crippen LogP contribution in [0.3, 0.4) is 0 Å². The van der Waals surface area contributed by atoms with E-state index in [2.05, 4.69) is 21.2 Å². The monoisotopic (exact) mass is 365 g/mol. The van der Waals surface area contributed by atoms with E-state index in [9.17, 15) is 9.18 Å². The first kappa shape index (κ1) is 17.3. The third-order valence-electron chi connectivity index (χ3n) is 2.27. The van der Waals surface area contributed by atoms with E-state index in [1.165, 1.54) is 18.2 Å². The molecular formula is C13H17BrFNO3S. The quantitative estimate of drug-likeness (QED) is 0.658. The van der Waals surface area contributed by atoms with Crippen LogP contribution in [0, 0.1) is 5.82 Å². The summed E-state index contributed by atoms with van der Waals surface area (Å²) >= 11 is 4.84. The van der Waals surface area contributed by atoms with E-state index >= 15 is 0 Å². The number of carbonyl (C=O) groups is 1. The molecular weight excluding hydrogens is 349 g/mol. The van der Waals surface area contributed by atoms with Crippen LogP contribution in [0.15, 0.2) is 22.7 Å². The highest BCUT2D eigenvalue weighted by Crippen LogP contribution is 2.25. The van der Waals surface area contributed by atoms with Gasteiger partial charge in [-0.3, -0.25) is 4.79 Å². The molecule has 0 aliphatic carbocycles. The van der Waals surface area contributed by atoms with E-state index in [1.54, 1.807) is 11.8 Å². The Labute approximate surface area is 130 Å². The third-order valence-corrected chi connectivity index (χ3v) is 3.96. The van der Waals surface area contributed by atoms with Gasteiger partial charge in [0.15, 0.2) is 6.61 Å². The lowest BCUT2D eigenvalue weighted by Crippen LogP contribution is -2.30. The largest absolute Gasteiger partial charge is 0.483 e. The summed E-state index contributed by atoms with van der Waals surface area (Å²) < 4.78 is 18.6. The van der Waals surface area contributed by atoms with E-state index in [0.717, 1.165) is 17.9 Å². The predicted octanol–water partition coefficient (Wildman–Crippen LogP) is 2.20. The number of nitrogens with one attached hydrogen (secondary N) is 1. The summed E-state index contributed by atoms with van der Waals surface area (Å²) in [6.07, 6.45) is 0.764. The Morgan fingerprint density at radius 3 is 2.95 bits per heavy atom. The third kappa shape index (κ3) is 7.12. The lowest BCUT2D eigenvalue weighted by Gasteiger charge is -2.08. The van der Waals surface area contributed by atoms with Crippen molar-refractivity contribution >= 4 is 33.6 Å². The molecule has 0 saturated carbocycles. The van der Waals surface area contributed by atoms with E-state index in [-0.39, 0.29) is 24.9 Å². The average Bonchev–Trinajstić information content (AvgIpc) is 2.41.